The predicted octanol–water partition coefficient (Wildman–Crippen LogP) is 2.77. The largest absolute Gasteiger partial charge is 0.497 e. The third-order valence-corrected chi connectivity index (χ3v) is 3.43. The van der Waals surface area contributed by atoms with Gasteiger partial charge in [-0.05, 0) is 36.2 Å². The fraction of sp³-hybridized carbons (Fsp3) is 0.353. The topological polar surface area (TPSA) is 66.5 Å². The van der Waals surface area contributed by atoms with E-state index in [1.807, 2.05) is 24.3 Å². The molecule has 22 heavy (non-hydrogen) atoms. The highest BCUT2D eigenvalue weighted by Crippen LogP contribution is 2.33. The molecule has 5 heteroatoms. The number of anilines is 1. The second kappa shape index (κ2) is 6.56. The zero-order chi connectivity index (χ0) is 16.3. The Morgan fingerprint density at radius 2 is 1.86 bits per heavy atom. The number of hydrogen-bond donors (Lipinski definition) is 1. The van der Waals surface area contributed by atoms with E-state index in [0.717, 1.165) is 11.3 Å². The Morgan fingerprint density at radius 1 is 1.14 bits per heavy atom. The monoisotopic (exact) mass is 302 g/mol. The maximum absolute atomic E-state index is 12.4. The van der Waals surface area contributed by atoms with Gasteiger partial charge in [-0.1, -0.05) is 13.8 Å². The van der Waals surface area contributed by atoms with E-state index in [2.05, 4.69) is 13.8 Å². The zero-order valence-corrected chi connectivity index (χ0v) is 13.4. The first-order valence-corrected chi connectivity index (χ1v) is 7.19. The minimum Gasteiger partial charge on any atom is -0.497 e. The van der Waals surface area contributed by atoms with E-state index in [9.17, 15) is 4.79 Å². The fourth-order valence-electron chi connectivity index (χ4n) is 2.39. The van der Waals surface area contributed by atoms with E-state index in [0.29, 0.717) is 24.0 Å². The molecule has 2 N–H and O–H groups in total. The van der Waals surface area contributed by atoms with Crippen molar-refractivity contribution >= 4 is 5.69 Å². The summed E-state index contributed by atoms with van der Waals surface area (Å²) in [4.78, 5) is 12.4. The van der Waals surface area contributed by atoms with Gasteiger partial charge >= 0.3 is 0 Å². The quantitative estimate of drug-likeness (QED) is 0.922. The van der Waals surface area contributed by atoms with Crippen LogP contribution in [0.25, 0.3) is 11.3 Å². The van der Waals surface area contributed by atoms with E-state index >= 15 is 0 Å². The number of hydrogen-bond acceptors (Lipinski definition) is 4. The van der Waals surface area contributed by atoms with E-state index in [4.69, 9.17) is 15.2 Å². The summed E-state index contributed by atoms with van der Waals surface area (Å²) in [5, 5.41) is 0. The second-order valence-corrected chi connectivity index (χ2v) is 5.55. The molecule has 2 rings (SSSR count). The van der Waals surface area contributed by atoms with E-state index in [1.165, 1.54) is 0 Å². The van der Waals surface area contributed by atoms with Crippen molar-refractivity contribution < 1.29 is 9.47 Å². The smallest absolute Gasteiger partial charge is 0.274 e. The summed E-state index contributed by atoms with van der Waals surface area (Å²) in [5.41, 5.74) is 7.41. The predicted molar refractivity (Wildman–Crippen MR) is 88.5 cm³/mol. The van der Waals surface area contributed by atoms with Crippen molar-refractivity contribution in [1.82, 2.24) is 4.57 Å². The fourth-order valence-corrected chi connectivity index (χ4v) is 2.39. The van der Waals surface area contributed by atoms with Crippen molar-refractivity contribution in [2.75, 3.05) is 20.0 Å². The van der Waals surface area contributed by atoms with Crippen LogP contribution in [0.4, 0.5) is 5.69 Å². The molecule has 0 atom stereocenters. The van der Waals surface area contributed by atoms with Crippen molar-refractivity contribution in [3.8, 4) is 22.8 Å². The van der Waals surface area contributed by atoms with E-state index < -0.39 is 0 Å². The number of nitrogens with two attached hydrogens (primary N) is 1. The third-order valence-electron chi connectivity index (χ3n) is 3.43. The van der Waals surface area contributed by atoms with Crippen LogP contribution in [0.5, 0.6) is 11.5 Å². The minimum atomic E-state index is -0.184. The van der Waals surface area contributed by atoms with Crippen molar-refractivity contribution in [1.29, 1.82) is 0 Å². The third kappa shape index (κ3) is 3.08. The first-order chi connectivity index (χ1) is 10.5. The summed E-state index contributed by atoms with van der Waals surface area (Å²) in [7, 11) is 3.21. The average molecular weight is 302 g/mol. The Kier molecular flexibility index (Phi) is 4.75. The van der Waals surface area contributed by atoms with Gasteiger partial charge in [-0.25, -0.2) is 0 Å². The highest BCUT2D eigenvalue weighted by Gasteiger charge is 2.15. The summed E-state index contributed by atoms with van der Waals surface area (Å²) in [5.74, 6) is 1.70. The first-order valence-electron chi connectivity index (χ1n) is 7.19. The lowest BCUT2D eigenvalue weighted by molar-refractivity contribution is 0.404. The molecular formula is C17H22N2O3. The van der Waals surface area contributed by atoms with E-state index in [1.54, 1.807) is 24.9 Å². The molecule has 2 aromatic rings. The molecule has 0 amide bonds. The summed E-state index contributed by atoms with van der Waals surface area (Å²) in [6, 6.07) is 8.99. The molecule has 0 aliphatic rings. The highest BCUT2D eigenvalue weighted by molar-refractivity contribution is 5.70. The SMILES string of the molecule is COc1ccc(OC)c(-c2ccc(N)c(=O)n2CC(C)C)c1. The summed E-state index contributed by atoms with van der Waals surface area (Å²) in [6.45, 7) is 4.70. The average Bonchev–Trinajstić information content (AvgIpc) is 2.51. The van der Waals surface area contributed by atoms with Crippen molar-refractivity contribution in [3.63, 3.8) is 0 Å². The lowest BCUT2D eigenvalue weighted by atomic mass is 10.1. The van der Waals surface area contributed by atoms with Crippen molar-refractivity contribution in [3.05, 3.63) is 40.7 Å². The Morgan fingerprint density at radius 3 is 2.45 bits per heavy atom. The van der Waals surface area contributed by atoms with Crippen LogP contribution in [-0.2, 0) is 6.54 Å². The second-order valence-electron chi connectivity index (χ2n) is 5.55. The summed E-state index contributed by atoms with van der Waals surface area (Å²) >= 11 is 0. The number of ether oxygens (including phenoxy) is 2. The Labute approximate surface area is 130 Å². The number of aromatic nitrogens is 1. The van der Waals surface area contributed by atoms with Crippen molar-refractivity contribution in [2.45, 2.75) is 20.4 Å². The van der Waals surface area contributed by atoms with Gasteiger partial charge in [-0.2, -0.15) is 0 Å². The van der Waals surface area contributed by atoms with Gasteiger partial charge in [0.2, 0.25) is 0 Å². The first kappa shape index (κ1) is 15.9. The van der Waals surface area contributed by atoms with Crippen LogP contribution in [-0.4, -0.2) is 18.8 Å². The summed E-state index contributed by atoms with van der Waals surface area (Å²) in [6.07, 6.45) is 0. The highest BCUT2D eigenvalue weighted by atomic mass is 16.5. The molecular weight excluding hydrogens is 280 g/mol. The van der Waals surface area contributed by atoms with Crippen LogP contribution >= 0.6 is 0 Å². The molecule has 0 unspecified atom stereocenters. The van der Waals surface area contributed by atoms with Crippen LogP contribution < -0.4 is 20.8 Å². The van der Waals surface area contributed by atoms with Gasteiger partial charge in [-0.3, -0.25) is 4.79 Å². The molecule has 0 radical (unpaired) electrons. The zero-order valence-electron chi connectivity index (χ0n) is 13.4. The van der Waals surface area contributed by atoms with Gasteiger partial charge in [0, 0.05) is 12.1 Å². The molecule has 118 valence electrons. The molecule has 0 fully saturated rings. The van der Waals surface area contributed by atoms with E-state index in [-0.39, 0.29) is 11.2 Å². The van der Waals surface area contributed by atoms with Crippen LogP contribution in [0.1, 0.15) is 13.8 Å². The molecule has 0 aliphatic carbocycles. The molecule has 0 bridgehead atoms. The molecule has 0 saturated carbocycles. The molecule has 1 aromatic heterocycles. The van der Waals surface area contributed by atoms with Crippen LogP contribution in [0.15, 0.2) is 35.1 Å². The van der Waals surface area contributed by atoms with Gasteiger partial charge in [0.15, 0.2) is 0 Å². The number of nitrogens with zero attached hydrogens (tertiary/aromatic N) is 1. The van der Waals surface area contributed by atoms with Gasteiger partial charge in [-0.15, -0.1) is 0 Å². The number of rotatable bonds is 5. The summed E-state index contributed by atoms with van der Waals surface area (Å²) < 4.78 is 12.4. The Balaban J connectivity index is 2.71. The maximum Gasteiger partial charge on any atom is 0.274 e. The lowest BCUT2D eigenvalue weighted by Gasteiger charge is -2.18. The maximum atomic E-state index is 12.4. The van der Waals surface area contributed by atoms with Crippen molar-refractivity contribution in [2.24, 2.45) is 5.92 Å². The lowest BCUT2D eigenvalue weighted by Crippen LogP contribution is -2.26. The van der Waals surface area contributed by atoms with Gasteiger partial charge < -0.3 is 19.8 Å². The molecule has 5 nitrogen and oxygen atoms in total. The van der Waals surface area contributed by atoms with Crippen LogP contribution in [0.2, 0.25) is 0 Å². The number of pyridine rings is 1. The number of methoxy groups -OCH3 is 2. The van der Waals surface area contributed by atoms with Gasteiger partial charge in [0.1, 0.15) is 11.5 Å². The molecule has 1 heterocycles. The normalized spacial score (nSPS) is 10.8. The standard InChI is InChI=1S/C17H22N2O3/c1-11(2)10-19-15(7-6-14(18)17(19)20)13-9-12(21-3)5-8-16(13)22-4/h5-9,11H,10,18H2,1-4H3. The minimum absolute atomic E-state index is 0.184. The molecule has 0 spiro atoms. The van der Waals surface area contributed by atoms with Crippen LogP contribution in [0.3, 0.4) is 0 Å². The molecule has 0 aliphatic heterocycles. The Bertz CT molecular complexity index is 720. The van der Waals surface area contributed by atoms with Gasteiger partial charge in [0.05, 0.1) is 25.6 Å². The Hall–Kier alpha value is -2.43. The van der Waals surface area contributed by atoms with Crippen LogP contribution in [0, 0.1) is 5.92 Å². The van der Waals surface area contributed by atoms with Gasteiger partial charge in [0.25, 0.3) is 5.56 Å². The number of benzene rings is 1. The number of nitrogen functional groups attached to an aromatic ring is 1. The molecule has 1 aromatic carbocycles. The molecule has 0 saturated heterocycles.